The number of halogens is 4. The smallest absolute Gasteiger partial charge is 0.302 e. The number of urea groups is 1. The molecule has 1 aliphatic rings. The average Bonchev–Trinajstić information content (AvgIpc) is 2.53. The fourth-order valence-electron chi connectivity index (χ4n) is 2.71. The molecule has 0 unspecified atom stereocenters. The van der Waals surface area contributed by atoms with Crippen molar-refractivity contribution < 1.29 is 22.8 Å². The Morgan fingerprint density at radius 2 is 2.00 bits per heavy atom. The van der Waals surface area contributed by atoms with Crippen molar-refractivity contribution in [3.05, 3.63) is 46.5 Å². The van der Waals surface area contributed by atoms with Crippen molar-refractivity contribution >= 4 is 41.4 Å². The molecule has 9 heteroatoms. The highest BCUT2D eigenvalue weighted by molar-refractivity contribution is 8.00. The Bertz CT molecular complexity index is 821. The van der Waals surface area contributed by atoms with E-state index in [1.165, 1.54) is 20.0 Å². The van der Waals surface area contributed by atoms with Crippen LogP contribution >= 0.6 is 23.4 Å². The van der Waals surface area contributed by atoms with E-state index in [2.05, 4.69) is 6.58 Å². The number of nitrogens with zero attached hydrogens (tertiary/aromatic N) is 2. The molecule has 0 saturated heterocycles. The van der Waals surface area contributed by atoms with Crippen molar-refractivity contribution in [2.24, 2.45) is 0 Å². The van der Waals surface area contributed by atoms with E-state index in [1.54, 1.807) is 0 Å². The van der Waals surface area contributed by atoms with Crippen molar-refractivity contribution in [3.63, 3.8) is 0 Å². The highest BCUT2D eigenvalue weighted by atomic mass is 35.5. The molecule has 0 atom stereocenters. The van der Waals surface area contributed by atoms with E-state index in [1.807, 2.05) is 0 Å². The van der Waals surface area contributed by atoms with E-state index in [4.69, 9.17) is 11.6 Å². The molecule has 0 saturated carbocycles. The number of thioether (sulfide) groups is 1. The van der Waals surface area contributed by atoms with Crippen LogP contribution < -0.4 is 4.90 Å². The molecular weight excluding hydrogens is 389 g/mol. The first-order valence-electron chi connectivity index (χ1n) is 7.42. The molecule has 0 aromatic heterocycles. The molecule has 0 spiro atoms. The second kappa shape index (κ2) is 7.36. The van der Waals surface area contributed by atoms with Crippen molar-refractivity contribution in [2.45, 2.75) is 24.7 Å². The summed E-state index contributed by atoms with van der Waals surface area (Å²) in [6.07, 6.45) is 0.658. The molecule has 1 aliphatic heterocycles. The highest BCUT2D eigenvalue weighted by Gasteiger charge is 2.42. The normalized spacial score (nSPS) is 15.8. The molecule has 2 amide bonds. The zero-order valence-electron chi connectivity index (χ0n) is 14.3. The number of amides is 2. The lowest BCUT2D eigenvalue weighted by Crippen LogP contribution is -2.48. The SMILES string of the molecule is C=C1C(C)=C(C(C)(F)F)N(C)C(=O)N1c1cc(SCC=O)c(Cl)cc1F. The molecule has 26 heavy (non-hydrogen) atoms. The summed E-state index contributed by atoms with van der Waals surface area (Å²) in [4.78, 5) is 25.3. The van der Waals surface area contributed by atoms with Gasteiger partial charge in [-0.05, 0) is 24.6 Å². The van der Waals surface area contributed by atoms with Gasteiger partial charge in [0.15, 0.2) is 0 Å². The molecule has 0 radical (unpaired) electrons. The average molecular weight is 405 g/mol. The molecule has 0 fully saturated rings. The van der Waals surface area contributed by atoms with Gasteiger partial charge in [-0.2, -0.15) is 0 Å². The summed E-state index contributed by atoms with van der Waals surface area (Å²) < 4.78 is 42.3. The van der Waals surface area contributed by atoms with Gasteiger partial charge in [0.05, 0.1) is 22.2 Å². The predicted molar refractivity (Wildman–Crippen MR) is 96.3 cm³/mol. The number of carbonyl (C=O) groups excluding carboxylic acids is 2. The molecule has 1 heterocycles. The Morgan fingerprint density at radius 1 is 1.38 bits per heavy atom. The van der Waals surface area contributed by atoms with Crippen molar-refractivity contribution in [2.75, 3.05) is 17.7 Å². The van der Waals surface area contributed by atoms with Crippen molar-refractivity contribution in [1.29, 1.82) is 0 Å². The monoisotopic (exact) mass is 404 g/mol. The second-order valence-corrected chi connectivity index (χ2v) is 7.17. The van der Waals surface area contributed by atoms with Gasteiger partial charge in [-0.25, -0.2) is 18.0 Å². The zero-order chi connectivity index (χ0) is 19.8. The van der Waals surface area contributed by atoms with Gasteiger partial charge in [-0.15, -0.1) is 11.8 Å². The molecule has 2 rings (SSSR count). The van der Waals surface area contributed by atoms with E-state index >= 15 is 0 Å². The molecule has 4 nitrogen and oxygen atoms in total. The van der Waals surface area contributed by atoms with E-state index in [9.17, 15) is 22.8 Å². The summed E-state index contributed by atoms with van der Waals surface area (Å²) in [7, 11) is 1.19. The Hall–Kier alpha value is -1.93. The zero-order valence-corrected chi connectivity index (χ0v) is 15.8. The van der Waals surface area contributed by atoms with Crippen LogP contribution in [0, 0.1) is 5.82 Å². The third kappa shape index (κ3) is 3.61. The predicted octanol–water partition coefficient (Wildman–Crippen LogP) is 5.08. The van der Waals surface area contributed by atoms with Gasteiger partial charge in [0.2, 0.25) is 0 Å². The van der Waals surface area contributed by atoms with Gasteiger partial charge in [0.1, 0.15) is 12.1 Å². The standard InChI is InChI=1S/C17H16ClF3N2O2S/c1-9-10(2)23(16(25)22(4)15(9)17(3,20)21)13-8-14(26-6-5-24)11(18)7-12(13)19/h5,7-8H,2,6H2,1,3-4H3. The van der Waals surface area contributed by atoms with Gasteiger partial charge >= 0.3 is 6.03 Å². The van der Waals surface area contributed by atoms with Crippen molar-refractivity contribution in [3.8, 4) is 0 Å². The number of hydrogen-bond donors (Lipinski definition) is 0. The van der Waals surface area contributed by atoms with Crippen molar-refractivity contribution in [1.82, 2.24) is 4.90 Å². The Balaban J connectivity index is 2.59. The number of allylic oxidation sites excluding steroid dienone is 2. The lowest BCUT2D eigenvalue weighted by atomic mass is 10.0. The van der Waals surface area contributed by atoms with Crippen LogP contribution in [-0.4, -0.2) is 35.9 Å². The summed E-state index contributed by atoms with van der Waals surface area (Å²) in [5.74, 6) is -3.99. The fourth-order valence-corrected chi connectivity index (χ4v) is 3.67. The maximum atomic E-state index is 14.5. The summed E-state index contributed by atoms with van der Waals surface area (Å²) in [6.45, 7) is 5.75. The van der Waals surface area contributed by atoms with E-state index in [0.29, 0.717) is 18.1 Å². The van der Waals surface area contributed by atoms with Gasteiger partial charge in [0, 0.05) is 24.6 Å². The minimum absolute atomic E-state index is 0.0582. The number of aldehydes is 1. The van der Waals surface area contributed by atoms with E-state index < -0.39 is 23.5 Å². The molecule has 0 bridgehead atoms. The number of anilines is 1. The summed E-state index contributed by atoms with van der Waals surface area (Å²) in [6, 6.07) is 1.43. The number of benzene rings is 1. The first-order chi connectivity index (χ1) is 12.0. The Morgan fingerprint density at radius 3 is 2.54 bits per heavy atom. The summed E-state index contributed by atoms with van der Waals surface area (Å²) in [5.41, 5.74) is -0.663. The van der Waals surface area contributed by atoms with Gasteiger partial charge in [0.25, 0.3) is 5.92 Å². The third-order valence-electron chi connectivity index (χ3n) is 3.84. The minimum atomic E-state index is -3.27. The molecule has 1 aromatic carbocycles. The minimum Gasteiger partial charge on any atom is -0.302 e. The van der Waals surface area contributed by atoms with Gasteiger partial charge in [-0.1, -0.05) is 18.2 Å². The second-order valence-electron chi connectivity index (χ2n) is 5.70. The van der Waals surface area contributed by atoms with E-state index in [0.717, 1.165) is 27.6 Å². The fraction of sp³-hybridized carbons (Fsp3) is 0.294. The number of carbonyl (C=O) groups is 2. The van der Waals surface area contributed by atoms with Crippen LogP contribution in [0.5, 0.6) is 0 Å². The highest BCUT2D eigenvalue weighted by Crippen LogP contribution is 2.41. The molecule has 0 aliphatic carbocycles. The third-order valence-corrected chi connectivity index (χ3v) is 5.21. The van der Waals surface area contributed by atoms with Gasteiger partial charge in [-0.3, -0.25) is 9.80 Å². The molecule has 0 N–H and O–H groups in total. The molecular formula is C17H16ClF3N2O2S. The number of rotatable bonds is 5. The summed E-state index contributed by atoms with van der Waals surface area (Å²) >= 11 is 7.03. The Labute approximate surface area is 158 Å². The van der Waals surface area contributed by atoms with Crippen LogP contribution in [-0.2, 0) is 4.79 Å². The van der Waals surface area contributed by atoms with Crippen LogP contribution in [0.3, 0.4) is 0 Å². The summed E-state index contributed by atoms with van der Waals surface area (Å²) in [5, 5.41) is 0.0783. The topological polar surface area (TPSA) is 40.6 Å². The lowest BCUT2D eigenvalue weighted by molar-refractivity contribution is -0.105. The van der Waals surface area contributed by atoms with Gasteiger partial charge < -0.3 is 4.79 Å². The molecule has 1 aromatic rings. The lowest BCUT2D eigenvalue weighted by Gasteiger charge is -2.39. The maximum Gasteiger partial charge on any atom is 0.333 e. The van der Waals surface area contributed by atoms with E-state index in [-0.39, 0.29) is 27.7 Å². The first kappa shape index (κ1) is 20.4. The first-order valence-corrected chi connectivity index (χ1v) is 8.78. The number of alkyl halides is 2. The largest absolute Gasteiger partial charge is 0.333 e. The Kier molecular flexibility index (Phi) is 5.77. The molecule has 140 valence electrons. The van der Waals surface area contributed by atoms with Crippen LogP contribution in [0.15, 0.2) is 40.6 Å². The maximum absolute atomic E-state index is 14.5. The number of hydrogen-bond acceptors (Lipinski definition) is 3. The quantitative estimate of drug-likeness (QED) is 0.507. The van der Waals surface area contributed by atoms with Crippen LogP contribution in [0.2, 0.25) is 5.02 Å². The van der Waals surface area contributed by atoms with Crippen LogP contribution in [0.25, 0.3) is 0 Å². The van der Waals surface area contributed by atoms with Crippen LogP contribution in [0.1, 0.15) is 13.8 Å². The van der Waals surface area contributed by atoms with Crippen LogP contribution in [0.4, 0.5) is 23.7 Å².